The second-order valence-electron chi connectivity index (χ2n) is 5.29. The number of rotatable bonds is 7. The minimum atomic E-state index is 0.415. The van der Waals surface area contributed by atoms with Gasteiger partial charge in [-0.05, 0) is 51.4 Å². The highest BCUT2D eigenvalue weighted by Gasteiger charge is 2.42. The third-order valence-corrected chi connectivity index (χ3v) is 3.29. The Bertz CT molecular complexity index is 242. The van der Waals surface area contributed by atoms with Crippen LogP contribution in [0.5, 0.6) is 0 Å². The van der Waals surface area contributed by atoms with E-state index in [1.807, 2.05) is 0 Å². The highest BCUT2D eigenvalue weighted by atomic mass is 16.1. The average molecular weight is 208 g/mol. The van der Waals surface area contributed by atoms with E-state index in [2.05, 4.69) is 26.8 Å². The molecule has 1 nitrogen and oxygen atoms in total. The molecule has 0 radical (unpaired) electrons. The van der Waals surface area contributed by atoms with Crippen molar-refractivity contribution in [1.29, 1.82) is 0 Å². The maximum atomic E-state index is 11.6. The van der Waals surface area contributed by atoms with Crippen LogP contribution in [0.4, 0.5) is 0 Å². The van der Waals surface area contributed by atoms with E-state index in [-0.39, 0.29) is 0 Å². The van der Waals surface area contributed by atoms with Gasteiger partial charge >= 0.3 is 0 Å². The van der Waals surface area contributed by atoms with E-state index in [4.69, 9.17) is 0 Å². The Morgan fingerprint density at radius 1 is 1.33 bits per heavy atom. The van der Waals surface area contributed by atoms with E-state index in [1.165, 1.54) is 24.8 Å². The molecular weight excluding hydrogens is 184 g/mol. The molecule has 0 saturated heterocycles. The van der Waals surface area contributed by atoms with Crippen LogP contribution >= 0.6 is 0 Å². The van der Waals surface area contributed by atoms with Crippen LogP contribution in [-0.2, 0) is 4.79 Å². The minimum absolute atomic E-state index is 0.415. The van der Waals surface area contributed by atoms with Crippen LogP contribution in [0.1, 0.15) is 65.7 Å². The van der Waals surface area contributed by atoms with Crippen molar-refractivity contribution in [1.82, 2.24) is 0 Å². The summed E-state index contributed by atoms with van der Waals surface area (Å²) < 4.78 is 0. The van der Waals surface area contributed by atoms with Crippen molar-refractivity contribution in [3.05, 3.63) is 11.6 Å². The highest BCUT2D eigenvalue weighted by Crippen LogP contribution is 2.53. The van der Waals surface area contributed by atoms with E-state index in [9.17, 15) is 4.79 Å². The molecule has 0 aromatic carbocycles. The SMILES string of the molecule is CCCC(=O)CC1(CCC=C(C)C)CC1. The molecule has 0 unspecified atom stereocenters. The van der Waals surface area contributed by atoms with Gasteiger partial charge in [-0.15, -0.1) is 0 Å². The van der Waals surface area contributed by atoms with Crippen molar-refractivity contribution in [2.75, 3.05) is 0 Å². The Morgan fingerprint density at radius 2 is 2.00 bits per heavy atom. The molecule has 1 saturated carbocycles. The molecule has 0 N–H and O–H groups in total. The molecule has 0 bridgehead atoms. The first-order chi connectivity index (χ1) is 7.08. The zero-order valence-electron chi connectivity index (χ0n) is 10.4. The van der Waals surface area contributed by atoms with Gasteiger partial charge in [0.15, 0.2) is 0 Å². The van der Waals surface area contributed by atoms with Gasteiger partial charge in [0.1, 0.15) is 5.78 Å². The summed E-state index contributed by atoms with van der Waals surface area (Å²) in [6, 6.07) is 0. The lowest BCUT2D eigenvalue weighted by Gasteiger charge is -2.12. The molecule has 0 heterocycles. The van der Waals surface area contributed by atoms with Crippen LogP contribution in [0.3, 0.4) is 0 Å². The van der Waals surface area contributed by atoms with Crippen molar-refractivity contribution in [2.45, 2.75) is 65.7 Å². The van der Waals surface area contributed by atoms with E-state index >= 15 is 0 Å². The van der Waals surface area contributed by atoms with Gasteiger partial charge in [0, 0.05) is 12.8 Å². The number of carbonyl (C=O) groups excluding carboxylic acids is 1. The van der Waals surface area contributed by atoms with Crippen molar-refractivity contribution in [3.63, 3.8) is 0 Å². The van der Waals surface area contributed by atoms with Crippen molar-refractivity contribution >= 4 is 5.78 Å². The van der Waals surface area contributed by atoms with Gasteiger partial charge in [-0.1, -0.05) is 18.6 Å². The van der Waals surface area contributed by atoms with Crippen LogP contribution in [-0.4, -0.2) is 5.78 Å². The van der Waals surface area contributed by atoms with Crippen molar-refractivity contribution in [3.8, 4) is 0 Å². The summed E-state index contributed by atoms with van der Waals surface area (Å²) in [6.07, 6.45) is 9.85. The molecule has 0 aromatic heterocycles. The fraction of sp³-hybridized carbons (Fsp3) is 0.786. The molecule has 0 amide bonds. The quantitative estimate of drug-likeness (QED) is 0.571. The van der Waals surface area contributed by atoms with Crippen molar-refractivity contribution < 1.29 is 4.79 Å². The minimum Gasteiger partial charge on any atom is -0.300 e. The Hall–Kier alpha value is -0.590. The molecule has 1 fully saturated rings. The van der Waals surface area contributed by atoms with Crippen LogP contribution < -0.4 is 0 Å². The normalized spacial score (nSPS) is 17.3. The summed E-state index contributed by atoms with van der Waals surface area (Å²) in [5, 5.41) is 0. The van der Waals surface area contributed by atoms with Gasteiger partial charge in [-0.2, -0.15) is 0 Å². The topological polar surface area (TPSA) is 17.1 Å². The number of Topliss-reactive ketones (excluding diaryl/α,β-unsaturated/α-hetero) is 1. The first-order valence-corrected chi connectivity index (χ1v) is 6.23. The summed E-state index contributed by atoms with van der Waals surface area (Å²) in [5.41, 5.74) is 1.81. The third-order valence-electron chi connectivity index (χ3n) is 3.29. The Balaban J connectivity index is 2.27. The van der Waals surface area contributed by atoms with Crippen LogP contribution in [0.25, 0.3) is 0 Å². The third kappa shape index (κ3) is 4.63. The summed E-state index contributed by atoms with van der Waals surface area (Å²) >= 11 is 0. The second-order valence-corrected chi connectivity index (χ2v) is 5.29. The summed E-state index contributed by atoms with van der Waals surface area (Å²) in [5.74, 6) is 0.479. The Morgan fingerprint density at radius 3 is 2.47 bits per heavy atom. The fourth-order valence-corrected chi connectivity index (χ4v) is 2.14. The lowest BCUT2D eigenvalue weighted by molar-refractivity contribution is -0.120. The lowest BCUT2D eigenvalue weighted by Crippen LogP contribution is -2.08. The smallest absolute Gasteiger partial charge is 0.133 e. The molecule has 0 aromatic rings. The van der Waals surface area contributed by atoms with Gasteiger partial charge < -0.3 is 0 Å². The van der Waals surface area contributed by atoms with Gasteiger partial charge in [-0.25, -0.2) is 0 Å². The standard InChI is InChI=1S/C14H24O/c1-4-6-13(15)11-14(9-10-14)8-5-7-12(2)3/h7H,4-6,8-11H2,1-3H3. The summed E-state index contributed by atoms with van der Waals surface area (Å²) in [6.45, 7) is 6.37. The van der Waals surface area contributed by atoms with E-state index in [0.717, 1.165) is 25.7 Å². The fourth-order valence-electron chi connectivity index (χ4n) is 2.14. The first kappa shape index (κ1) is 12.5. The highest BCUT2D eigenvalue weighted by molar-refractivity contribution is 5.79. The second kappa shape index (κ2) is 5.48. The summed E-state index contributed by atoms with van der Waals surface area (Å²) in [7, 11) is 0. The van der Waals surface area contributed by atoms with E-state index < -0.39 is 0 Å². The number of carbonyl (C=O) groups is 1. The molecule has 1 aliphatic rings. The number of hydrogen-bond donors (Lipinski definition) is 0. The molecule has 0 aliphatic heterocycles. The van der Waals surface area contributed by atoms with Gasteiger partial charge in [-0.3, -0.25) is 4.79 Å². The van der Waals surface area contributed by atoms with E-state index in [1.54, 1.807) is 0 Å². The maximum Gasteiger partial charge on any atom is 0.133 e. The van der Waals surface area contributed by atoms with Crippen molar-refractivity contribution in [2.24, 2.45) is 5.41 Å². The molecular formula is C14H24O. The van der Waals surface area contributed by atoms with Gasteiger partial charge in [0.25, 0.3) is 0 Å². The predicted octanol–water partition coefficient (Wildman–Crippen LogP) is 4.27. The first-order valence-electron chi connectivity index (χ1n) is 6.23. The lowest BCUT2D eigenvalue weighted by atomic mass is 9.92. The zero-order chi connectivity index (χ0) is 11.3. The van der Waals surface area contributed by atoms with E-state index in [0.29, 0.717) is 11.2 Å². The zero-order valence-corrected chi connectivity index (χ0v) is 10.4. The van der Waals surface area contributed by atoms with Gasteiger partial charge in [0.2, 0.25) is 0 Å². The van der Waals surface area contributed by atoms with Crippen LogP contribution in [0, 0.1) is 5.41 Å². The maximum absolute atomic E-state index is 11.6. The molecule has 0 atom stereocenters. The monoisotopic (exact) mass is 208 g/mol. The predicted molar refractivity (Wildman–Crippen MR) is 64.9 cm³/mol. The largest absolute Gasteiger partial charge is 0.300 e. The van der Waals surface area contributed by atoms with Crippen LogP contribution in [0.2, 0.25) is 0 Å². The van der Waals surface area contributed by atoms with Crippen LogP contribution in [0.15, 0.2) is 11.6 Å². The Kier molecular flexibility index (Phi) is 4.56. The molecule has 1 heteroatoms. The number of hydrogen-bond acceptors (Lipinski definition) is 1. The molecule has 1 aliphatic carbocycles. The number of ketones is 1. The Labute approximate surface area is 93.9 Å². The molecule has 15 heavy (non-hydrogen) atoms. The number of allylic oxidation sites excluding steroid dienone is 2. The molecule has 86 valence electrons. The average Bonchev–Trinajstić information content (AvgIpc) is 2.84. The molecule has 0 spiro atoms. The van der Waals surface area contributed by atoms with Gasteiger partial charge in [0.05, 0.1) is 0 Å². The molecule has 1 rings (SSSR count). The summed E-state index contributed by atoms with van der Waals surface area (Å²) in [4.78, 5) is 11.6.